The highest BCUT2D eigenvalue weighted by Crippen LogP contribution is 2.27. The fourth-order valence-electron chi connectivity index (χ4n) is 1.56. The minimum Gasteiger partial charge on any atom is -0.398 e. The minimum absolute atomic E-state index is 0.0441. The van der Waals surface area contributed by atoms with Crippen molar-refractivity contribution in [3.63, 3.8) is 0 Å². The van der Waals surface area contributed by atoms with E-state index >= 15 is 0 Å². The van der Waals surface area contributed by atoms with Gasteiger partial charge in [-0.15, -0.1) is 0 Å². The first-order valence-corrected chi connectivity index (χ1v) is 7.16. The molecule has 0 saturated carbocycles. The van der Waals surface area contributed by atoms with Crippen LogP contribution in [0, 0.1) is 6.92 Å². The Hall–Kier alpha value is -1.33. The number of hydrogen-bond donors (Lipinski definition) is 2. The molecule has 3 N–H and O–H groups in total. The Balaban J connectivity index is 2.09. The molecule has 0 fully saturated rings. The van der Waals surface area contributed by atoms with E-state index in [1.54, 1.807) is 17.4 Å². The number of thiophene rings is 1. The lowest BCUT2D eigenvalue weighted by Gasteiger charge is -2.09. The molecule has 2 aromatic rings. The van der Waals surface area contributed by atoms with E-state index in [2.05, 4.69) is 21.2 Å². The zero-order valence-corrected chi connectivity index (χ0v) is 12.3. The van der Waals surface area contributed by atoms with Gasteiger partial charge in [-0.3, -0.25) is 4.79 Å². The molecule has 0 atom stereocenters. The molecule has 5 heteroatoms. The normalized spacial score (nSPS) is 10.3. The van der Waals surface area contributed by atoms with Crippen LogP contribution in [0.3, 0.4) is 0 Å². The molecule has 1 heterocycles. The van der Waals surface area contributed by atoms with Crippen molar-refractivity contribution in [1.29, 1.82) is 0 Å². The Morgan fingerprint density at radius 3 is 2.94 bits per heavy atom. The molecular formula is C13H13BrN2OS. The van der Waals surface area contributed by atoms with Gasteiger partial charge in [0.05, 0.1) is 12.1 Å². The number of nitrogens with two attached hydrogens (primary N) is 1. The van der Waals surface area contributed by atoms with Crippen molar-refractivity contribution in [2.24, 2.45) is 0 Å². The van der Waals surface area contributed by atoms with Crippen LogP contribution in [0.15, 0.2) is 33.4 Å². The predicted molar refractivity (Wildman–Crippen MR) is 79.9 cm³/mol. The molecule has 0 aliphatic rings. The lowest BCUT2D eigenvalue weighted by atomic mass is 10.2. The fourth-order valence-corrected chi connectivity index (χ4v) is 2.78. The number of amides is 1. The van der Waals surface area contributed by atoms with Gasteiger partial charge in [-0.1, -0.05) is 0 Å². The third kappa shape index (κ3) is 3.11. The second-order valence-corrected chi connectivity index (χ2v) is 5.68. The van der Waals surface area contributed by atoms with E-state index in [0.717, 1.165) is 15.6 Å². The van der Waals surface area contributed by atoms with E-state index in [0.29, 0.717) is 17.8 Å². The van der Waals surface area contributed by atoms with Crippen LogP contribution in [-0.4, -0.2) is 5.91 Å². The minimum atomic E-state index is -0.0441. The Bertz CT molecular complexity index is 567. The lowest BCUT2D eigenvalue weighted by molar-refractivity contribution is -0.115. The molecule has 0 aliphatic heterocycles. The average molecular weight is 325 g/mol. The predicted octanol–water partition coefficient (Wildman–Crippen LogP) is 3.58. The molecule has 1 aromatic heterocycles. The first-order chi connectivity index (χ1) is 8.56. The number of benzene rings is 1. The van der Waals surface area contributed by atoms with Crippen molar-refractivity contribution in [2.75, 3.05) is 11.1 Å². The van der Waals surface area contributed by atoms with Crippen LogP contribution in [0.4, 0.5) is 11.4 Å². The molecule has 3 nitrogen and oxygen atoms in total. The number of carbonyl (C=O) groups excluding carboxylic acids is 1. The summed E-state index contributed by atoms with van der Waals surface area (Å²) in [7, 11) is 0. The summed E-state index contributed by atoms with van der Waals surface area (Å²) in [4.78, 5) is 11.9. The van der Waals surface area contributed by atoms with Crippen molar-refractivity contribution in [3.05, 3.63) is 44.6 Å². The molecule has 94 valence electrons. The lowest BCUT2D eigenvalue weighted by Crippen LogP contribution is -2.14. The van der Waals surface area contributed by atoms with Gasteiger partial charge in [0.25, 0.3) is 0 Å². The number of aryl methyl sites for hydroxylation is 1. The number of rotatable bonds is 3. The molecular weight excluding hydrogens is 312 g/mol. The summed E-state index contributed by atoms with van der Waals surface area (Å²) < 4.78 is 0.841. The van der Waals surface area contributed by atoms with Crippen LogP contribution in [0.5, 0.6) is 0 Å². The van der Waals surface area contributed by atoms with Crippen LogP contribution in [0.1, 0.15) is 11.1 Å². The Morgan fingerprint density at radius 2 is 2.28 bits per heavy atom. The molecule has 0 unspecified atom stereocenters. The summed E-state index contributed by atoms with van der Waals surface area (Å²) >= 11 is 5.01. The van der Waals surface area contributed by atoms with Crippen molar-refractivity contribution < 1.29 is 4.79 Å². The quantitative estimate of drug-likeness (QED) is 0.848. The molecule has 0 radical (unpaired) electrons. The van der Waals surface area contributed by atoms with Crippen LogP contribution < -0.4 is 11.1 Å². The van der Waals surface area contributed by atoms with Crippen LogP contribution in [0.25, 0.3) is 0 Å². The van der Waals surface area contributed by atoms with Crippen LogP contribution >= 0.6 is 27.3 Å². The van der Waals surface area contributed by atoms with Crippen LogP contribution in [-0.2, 0) is 11.2 Å². The SMILES string of the molecule is Cc1cc(Br)c(NC(=O)Cc2ccsc2)cc1N. The van der Waals surface area contributed by atoms with Gasteiger partial charge in [0.1, 0.15) is 0 Å². The standard InChI is InChI=1S/C13H13BrN2OS/c1-8-4-10(14)12(6-11(8)15)16-13(17)5-9-2-3-18-7-9/h2-4,6-7H,5,15H2,1H3,(H,16,17). The smallest absolute Gasteiger partial charge is 0.228 e. The van der Waals surface area contributed by atoms with Gasteiger partial charge >= 0.3 is 0 Å². The molecule has 2 rings (SSSR count). The van der Waals surface area contributed by atoms with Crippen molar-refractivity contribution in [2.45, 2.75) is 13.3 Å². The van der Waals surface area contributed by atoms with Crippen molar-refractivity contribution >= 4 is 44.5 Å². The summed E-state index contributed by atoms with van der Waals surface area (Å²) in [6.45, 7) is 1.93. The Morgan fingerprint density at radius 1 is 1.50 bits per heavy atom. The van der Waals surface area contributed by atoms with Gasteiger partial charge in [0.15, 0.2) is 0 Å². The first-order valence-electron chi connectivity index (χ1n) is 5.43. The molecule has 0 spiro atoms. The molecule has 18 heavy (non-hydrogen) atoms. The summed E-state index contributed by atoms with van der Waals surface area (Å²) in [6, 6.07) is 5.61. The summed E-state index contributed by atoms with van der Waals surface area (Å²) in [6.07, 6.45) is 0.379. The zero-order valence-electron chi connectivity index (χ0n) is 9.87. The maximum absolute atomic E-state index is 11.9. The number of nitrogens with one attached hydrogen (secondary N) is 1. The van der Waals surface area contributed by atoms with E-state index in [1.165, 1.54) is 0 Å². The summed E-state index contributed by atoms with van der Waals surface area (Å²) in [5, 5.41) is 6.79. The molecule has 1 amide bonds. The van der Waals surface area contributed by atoms with Crippen molar-refractivity contribution in [1.82, 2.24) is 0 Å². The maximum atomic E-state index is 11.9. The monoisotopic (exact) mass is 324 g/mol. The van der Waals surface area contributed by atoms with E-state index in [1.807, 2.05) is 29.8 Å². The van der Waals surface area contributed by atoms with E-state index in [9.17, 15) is 4.79 Å². The molecule has 1 aromatic carbocycles. The van der Waals surface area contributed by atoms with Gasteiger partial charge in [-0.25, -0.2) is 0 Å². The van der Waals surface area contributed by atoms with Crippen molar-refractivity contribution in [3.8, 4) is 0 Å². The number of carbonyl (C=O) groups is 1. The second-order valence-electron chi connectivity index (χ2n) is 4.05. The second kappa shape index (κ2) is 5.54. The van der Waals surface area contributed by atoms with E-state index in [-0.39, 0.29) is 5.91 Å². The molecule has 0 saturated heterocycles. The fraction of sp³-hybridized carbons (Fsp3) is 0.154. The molecule has 0 bridgehead atoms. The number of nitrogen functional groups attached to an aromatic ring is 1. The van der Waals surface area contributed by atoms with Gasteiger partial charge in [0.2, 0.25) is 5.91 Å². The number of hydrogen-bond acceptors (Lipinski definition) is 3. The van der Waals surface area contributed by atoms with E-state index < -0.39 is 0 Å². The van der Waals surface area contributed by atoms with Gasteiger partial charge in [-0.05, 0) is 62.9 Å². The van der Waals surface area contributed by atoms with Crippen LogP contribution in [0.2, 0.25) is 0 Å². The largest absolute Gasteiger partial charge is 0.398 e. The first kappa shape index (κ1) is 13.1. The van der Waals surface area contributed by atoms with Gasteiger partial charge in [-0.2, -0.15) is 11.3 Å². The Labute approximate surface area is 118 Å². The zero-order chi connectivity index (χ0) is 13.1. The number of halogens is 1. The third-order valence-corrected chi connectivity index (χ3v) is 3.96. The highest BCUT2D eigenvalue weighted by molar-refractivity contribution is 9.10. The highest BCUT2D eigenvalue weighted by atomic mass is 79.9. The van der Waals surface area contributed by atoms with Gasteiger partial charge < -0.3 is 11.1 Å². The topological polar surface area (TPSA) is 55.1 Å². The Kier molecular flexibility index (Phi) is 4.04. The van der Waals surface area contributed by atoms with Gasteiger partial charge in [0, 0.05) is 10.2 Å². The van der Waals surface area contributed by atoms with E-state index in [4.69, 9.17) is 5.73 Å². The summed E-state index contributed by atoms with van der Waals surface area (Å²) in [5.41, 5.74) is 9.21. The average Bonchev–Trinajstić information content (AvgIpc) is 2.78. The number of anilines is 2. The maximum Gasteiger partial charge on any atom is 0.228 e. The summed E-state index contributed by atoms with van der Waals surface area (Å²) in [5.74, 6) is -0.0441. The third-order valence-electron chi connectivity index (χ3n) is 2.57. The highest BCUT2D eigenvalue weighted by Gasteiger charge is 2.08. The molecule has 0 aliphatic carbocycles.